The van der Waals surface area contributed by atoms with E-state index in [2.05, 4.69) is 15.0 Å². The molecular formula is C10H14N6O4. The van der Waals surface area contributed by atoms with Gasteiger partial charge in [0.2, 0.25) is 5.95 Å². The van der Waals surface area contributed by atoms with Crippen LogP contribution in [0.2, 0.25) is 0 Å². The van der Waals surface area contributed by atoms with E-state index in [0.717, 1.165) is 0 Å². The number of imidazole rings is 1. The molecule has 0 radical (unpaired) electrons. The number of aromatic nitrogens is 4. The maximum atomic E-state index is 11.7. The summed E-state index contributed by atoms with van der Waals surface area (Å²) < 4.78 is 6.85. The Bertz CT molecular complexity index is 697. The highest BCUT2D eigenvalue weighted by Gasteiger charge is 2.42. The van der Waals surface area contributed by atoms with Crippen molar-refractivity contribution < 1.29 is 14.9 Å². The van der Waals surface area contributed by atoms with E-state index in [-0.39, 0.29) is 23.7 Å². The van der Waals surface area contributed by atoms with Crippen molar-refractivity contribution >= 4 is 17.1 Å². The summed E-state index contributed by atoms with van der Waals surface area (Å²) in [5.41, 5.74) is 11.0. The van der Waals surface area contributed by atoms with Crippen LogP contribution in [-0.4, -0.2) is 54.6 Å². The molecule has 0 spiro atoms. The molecule has 10 heteroatoms. The van der Waals surface area contributed by atoms with Crippen LogP contribution in [0.25, 0.3) is 11.2 Å². The number of ether oxygens (including phenoxy) is 1. The second kappa shape index (κ2) is 4.52. The van der Waals surface area contributed by atoms with Crippen molar-refractivity contribution in [2.45, 2.75) is 24.5 Å². The summed E-state index contributed by atoms with van der Waals surface area (Å²) in [6, 6.07) is -0.748. The first-order valence-electron chi connectivity index (χ1n) is 5.95. The normalized spacial score (nSPS) is 30.1. The Labute approximate surface area is 112 Å². The highest BCUT2D eigenvalue weighted by atomic mass is 16.5. The standard InChI is InChI=1S/C10H14N6O4/c11-4-3(1-17)20-9(6(4)18)16-2-13-5-7(16)14-10(12)15-8(5)19/h2-4,6,9,17-18H,1,11H2,(H3,12,14,15,19)/t3-,4?,6-,9-/m1/s1. The minimum atomic E-state index is -1.06. The van der Waals surface area contributed by atoms with E-state index in [4.69, 9.17) is 21.3 Å². The summed E-state index contributed by atoms with van der Waals surface area (Å²) in [7, 11) is 0. The van der Waals surface area contributed by atoms with E-state index in [1.54, 1.807) is 0 Å². The van der Waals surface area contributed by atoms with Crippen LogP contribution >= 0.6 is 0 Å². The third-order valence-corrected chi connectivity index (χ3v) is 3.33. The molecule has 2 aromatic heterocycles. The van der Waals surface area contributed by atoms with Gasteiger partial charge in [-0.3, -0.25) is 14.3 Å². The van der Waals surface area contributed by atoms with Crippen LogP contribution in [0.15, 0.2) is 11.1 Å². The van der Waals surface area contributed by atoms with Crippen molar-refractivity contribution in [3.05, 3.63) is 16.7 Å². The molecule has 108 valence electrons. The number of aliphatic hydroxyl groups excluding tert-OH is 2. The fourth-order valence-corrected chi connectivity index (χ4v) is 2.28. The van der Waals surface area contributed by atoms with Gasteiger partial charge in [-0.2, -0.15) is 4.98 Å². The Balaban J connectivity index is 2.09. The Kier molecular flexibility index (Phi) is 2.94. The molecule has 10 nitrogen and oxygen atoms in total. The molecular weight excluding hydrogens is 268 g/mol. The number of rotatable bonds is 2. The van der Waals surface area contributed by atoms with Gasteiger partial charge in [0.05, 0.1) is 19.0 Å². The molecule has 1 aliphatic heterocycles. The molecule has 1 saturated heterocycles. The zero-order valence-corrected chi connectivity index (χ0v) is 10.3. The number of aliphatic hydroxyl groups is 2. The lowest BCUT2D eigenvalue weighted by molar-refractivity contribution is -0.0488. The van der Waals surface area contributed by atoms with Gasteiger partial charge in [0.1, 0.15) is 12.2 Å². The summed E-state index contributed by atoms with van der Waals surface area (Å²) in [5.74, 6) is -0.0697. The Hall–Kier alpha value is -2.01. The first-order chi connectivity index (χ1) is 9.52. The third kappa shape index (κ3) is 1.78. The molecule has 4 atom stereocenters. The fourth-order valence-electron chi connectivity index (χ4n) is 2.28. The van der Waals surface area contributed by atoms with Crippen molar-refractivity contribution in [2.75, 3.05) is 12.3 Å². The van der Waals surface area contributed by atoms with Crippen molar-refractivity contribution in [1.82, 2.24) is 19.5 Å². The molecule has 3 heterocycles. The number of fused-ring (bicyclic) bond motifs is 1. The van der Waals surface area contributed by atoms with Crippen LogP contribution in [0.4, 0.5) is 5.95 Å². The van der Waals surface area contributed by atoms with Crippen LogP contribution in [0.1, 0.15) is 6.23 Å². The largest absolute Gasteiger partial charge is 0.394 e. The van der Waals surface area contributed by atoms with Gasteiger partial charge in [-0.15, -0.1) is 0 Å². The van der Waals surface area contributed by atoms with Gasteiger partial charge >= 0.3 is 0 Å². The average Bonchev–Trinajstić information content (AvgIpc) is 2.93. The van der Waals surface area contributed by atoms with E-state index in [9.17, 15) is 9.90 Å². The molecule has 7 N–H and O–H groups in total. The van der Waals surface area contributed by atoms with E-state index in [1.165, 1.54) is 10.9 Å². The summed E-state index contributed by atoms with van der Waals surface area (Å²) in [6.07, 6.45) is -1.34. The van der Waals surface area contributed by atoms with Crippen molar-refractivity contribution in [3.63, 3.8) is 0 Å². The Morgan fingerprint density at radius 3 is 2.95 bits per heavy atom. The number of hydrogen-bond donors (Lipinski definition) is 5. The maximum Gasteiger partial charge on any atom is 0.280 e. The quantitative estimate of drug-likeness (QED) is 0.396. The minimum absolute atomic E-state index is 0.0697. The SMILES string of the molecule is Nc1nc2c(ncn2[C@@H]2O[C@H](CO)C(N)[C@H]2O)c(=O)[nH]1. The summed E-state index contributed by atoms with van der Waals surface area (Å²) in [4.78, 5) is 21.9. The smallest absolute Gasteiger partial charge is 0.280 e. The lowest BCUT2D eigenvalue weighted by Gasteiger charge is -2.16. The van der Waals surface area contributed by atoms with E-state index in [1.807, 2.05) is 0 Å². The van der Waals surface area contributed by atoms with E-state index in [0.29, 0.717) is 0 Å². The molecule has 0 aliphatic carbocycles. The second-order valence-corrected chi connectivity index (χ2v) is 4.59. The minimum Gasteiger partial charge on any atom is -0.394 e. The zero-order valence-electron chi connectivity index (χ0n) is 10.3. The number of H-pyrrole nitrogens is 1. The van der Waals surface area contributed by atoms with Gasteiger partial charge in [-0.05, 0) is 0 Å². The number of nitrogen functional groups attached to an aromatic ring is 1. The molecule has 0 bridgehead atoms. The van der Waals surface area contributed by atoms with E-state index < -0.39 is 30.0 Å². The van der Waals surface area contributed by atoms with Crippen molar-refractivity contribution in [1.29, 1.82) is 0 Å². The number of anilines is 1. The highest BCUT2D eigenvalue weighted by molar-refractivity contribution is 5.70. The van der Waals surface area contributed by atoms with Gasteiger partial charge < -0.3 is 26.4 Å². The molecule has 3 rings (SSSR count). The van der Waals surface area contributed by atoms with Crippen molar-refractivity contribution in [2.24, 2.45) is 5.73 Å². The molecule has 0 amide bonds. The number of hydrogen-bond acceptors (Lipinski definition) is 8. The number of aromatic amines is 1. The molecule has 1 fully saturated rings. The van der Waals surface area contributed by atoms with Crippen LogP contribution in [-0.2, 0) is 4.74 Å². The topological polar surface area (TPSA) is 165 Å². The molecule has 1 unspecified atom stereocenters. The van der Waals surface area contributed by atoms with Gasteiger partial charge in [0.15, 0.2) is 17.4 Å². The van der Waals surface area contributed by atoms with Gasteiger partial charge in [0.25, 0.3) is 5.56 Å². The lowest BCUT2D eigenvalue weighted by Crippen LogP contribution is -2.41. The predicted octanol–water partition coefficient (Wildman–Crippen LogP) is -2.72. The molecule has 0 aromatic carbocycles. The molecule has 0 saturated carbocycles. The zero-order chi connectivity index (χ0) is 14.4. The summed E-state index contributed by atoms with van der Waals surface area (Å²) >= 11 is 0. The lowest BCUT2D eigenvalue weighted by atomic mass is 10.1. The maximum absolute atomic E-state index is 11.7. The number of nitrogens with zero attached hydrogens (tertiary/aromatic N) is 3. The second-order valence-electron chi connectivity index (χ2n) is 4.59. The van der Waals surface area contributed by atoms with Crippen LogP contribution in [0.5, 0.6) is 0 Å². The van der Waals surface area contributed by atoms with E-state index >= 15 is 0 Å². The molecule has 20 heavy (non-hydrogen) atoms. The predicted molar refractivity (Wildman–Crippen MR) is 67.5 cm³/mol. The van der Waals surface area contributed by atoms with Crippen LogP contribution in [0, 0.1) is 0 Å². The monoisotopic (exact) mass is 282 g/mol. The van der Waals surface area contributed by atoms with Gasteiger partial charge in [0, 0.05) is 0 Å². The van der Waals surface area contributed by atoms with Crippen LogP contribution in [0.3, 0.4) is 0 Å². The Morgan fingerprint density at radius 2 is 2.30 bits per heavy atom. The molecule has 1 aliphatic rings. The molecule has 2 aromatic rings. The Morgan fingerprint density at radius 1 is 1.55 bits per heavy atom. The number of nitrogens with two attached hydrogens (primary N) is 2. The highest BCUT2D eigenvalue weighted by Crippen LogP contribution is 2.29. The summed E-state index contributed by atoms with van der Waals surface area (Å²) in [5, 5.41) is 19.2. The fraction of sp³-hybridized carbons (Fsp3) is 0.500. The first-order valence-corrected chi connectivity index (χ1v) is 5.95. The number of nitrogens with one attached hydrogen (secondary N) is 1. The average molecular weight is 282 g/mol. The third-order valence-electron chi connectivity index (χ3n) is 3.33. The summed E-state index contributed by atoms with van der Waals surface area (Å²) in [6.45, 7) is -0.322. The van der Waals surface area contributed by atoms with Crippen molar-refractivity contribution in [3.8, 4) is 0 Å². The van der Waals surface area contributed by atoms with Gasteiger partial charge in [-0.25, -0.2) is 4.98 Å². The van der Waals surface area contributed by atoms with Crippen LogP contribution < -0.4 is 17.0 Å². The first kappa shape index (κ1) is 13.0. The van der Waals surface area contributed by atoms with Gasteiger partial charge in [-0.1, -0.05) is 0 Å².